The molecule has 0 saturated carbocycles. The first-order chi connectivity index (χ1) is 8.69. The third-order valence-electron chi connectivity index (χ3n) is 2.24. The number of carbonyl (C=O) groups excluding carboxylic acids is 1. The fourth-order valence-corrected chi connectivity index (χ4v) is 2.08. The van der Waals surface area contributed by atoms with Gasteiger partial charge in [-0.3, -0.25) is 4.79 Å². The summed E-state index contributed by atoms with van der Waals surface area (Å²) in [6, 6.07) is 3.30. The van der Waals surface area contributed by atoms with Gasteiger partial charge in [-0.2, -0.15) is 0 Å². The molecule has 2 aromatic rings. The van der Waals surface area contributed by atoms with Crippen molar-refractivity contribution < 1.29 is 4.79 Å². The molecule has 0 fully saturated rings. The molecule has 0 aromatic carbocycles. The van der Waals surface area contributed by atoms with E-state index in [0.717, 1.165) is 9.88 Å². The molecule has 2 aromatic heterocycles. The molecule has 1 amide bonds. The first-order valence-corrected chi connectivity index (χ1v) is 6.13. The second-order valence-corrected chi connectivity index (χ2v) is 4.94. The Morgan fingerprint density at radius 3 is 2.78 bits per heavy atom. The molecule has 2 heterocycles. The summed E-state index contributed by atoms with van der Waals surface area (Å²) < 4.78 is 0. The summed E-state index contributed by atoms with van der Waals surface area (Å²) in [5, 5.41) is 3.67. The van der Waals surface area contributed by atoms with Crippen molar-refractivity contribution in [3.8, 4) is 0 Å². The molecule has 0 atom stereocenters. The number of thiazole rings is 1. The number of pyridine rings is 1. The lowest BCUT2D eigenvalue weighted by Gasteiger charge is -2.03. The van der Waals surface area contributed by atoms with Crippen molar-refractivity contribution in [2.45, 2.75) is 13.5 Å². The molecule has 6 nitrogen and oxygen atoms in total. The van der Waals surface area contributed by atoms with Crippen LogP contribution in [0.5, 0.6) is 0 Å². The summed E-state index contributed by atoms with van der Waals surface area (Å²) in [4.78, 5) is 21.1. The van der Waals surface area contributed by atoms with Crippen LogP contribution in [-0.2, 0) is 6.54 Å². The van der Waals surface area contributed by atoms with Crippen LogP contribution in [-0.4, -0.2) is 15.9 Å². The molecule has 0 radical (unpaired) electrons. The maximum Gasteiger partial charge on any atom is 0.253 e. The van der Waals surface area contributed by atoms with E-state index in [-0.39, 0.29) is 5.91 Å². The highest BCUT2D eigenvalue weighted by atomic mass is 32.1. The first kappa shape index (κ1) is 12.5. The maximum absolute atomic E-state index is 11.8. The minimum Gasteiger partial charge on any atom is -0.345 e. The Bertz CT molecular complexity index is 537. The fraction of sp³-hybridized carbons (Fsp3) is 0.182. The summed E-state index contributed by atoms with van der Waals surface area (Å²) in [5.41, 5.74) is 2.89. The minimum atomic E-state index is -0.182. The number of nitrogens with two attached hydrogens (primary N) is 1. The van der Waals surface area contributed by atoms with E-state index < -0.39 is 0 Å². The Labute approximate surface area is 108 Å². The normalized spacial score (nSPS) is 10.1. The van der Waals surface area contributed by atoms with Crippen LogP contribution in [0.4, 0.5) is 5.82 Å². The standard InChI is InChI=1S/C11H13N5OS/c1-7-4-14-10(18-7)6-15-11(17)8-2-3-9(16-12)13-5-8/h2-5H,6,12H2,1H3,(H,13,16)(H,15,17). The Morgan fingerprint density at radius 2 is 2.22 bits per heavy atom. The van der Waals surface area contributed by atoms with Crippen LogP contribution in [0.15, 0.2) is 24.5 Å². The zero-order valence-electron chi connectivity index (χ0n) is 9.80. The average Bonchev–Trinajstić information content (AvgIpc) is 2.82. The number of nitrogens with zero attached hydrogens (tertiary/aromatic N) is 2. The Kier molecular flexibility index (Phi) is 3.85. The van der Waals surface area contributed by atoms with Gasteiger partial charge >= 0.3 is 0 Å². The van der Waals surface area contributed by atoms with Crippen LogP contribution in [0, 0.1) is 6.92 Å². The van der Waals surface area contributed by atoms with E-state index in [2.05, 4.69) is 20.7 Å². The van der Waals surface area contributed by atoms with Gasteiger partial charge in [0.1, 0.15) is 10.8 Å². The minimum absolute atomic E-state index is 0.182. The van der Waals surface area contributed by atoms with Crippen molar-refractivity contribution in [3.05, 3.63) is 40.0 Å². The van der Waals surface area contributed by atoms with Gasteiger partial charge in [0.15, 0.2) is 0 Å². The molecule has 4 N–H and O–H groups in total. The van der Waals surface area contributed by atoms with E-state index in [1.54, 1.807) is 29.7 Å². The monoisotopic (exact) mass is 263 g/mol. The van der Waals surface area contributed by atoms with Gasteiger partial charge in [-0.1, -0.05) is 0 Å². The summed E-state index contributed by atoms with van der Waals surface area (Å²) >= 11 is 1.56. The average molecular weight is 263 g/mol. The highest BCUT2D eigenvalue weighted by Crippen LogP contribution is 2.11. The van der Waals surface area contributed by atoms with Crippen LogP contribution in [0.1, 0.15) is 20.2 Å². The first-order valence-electron chi connectivity index (χ1n) is 5.31. The number of aryl methyl sites for hydroxylation is 1. The fourth-order valence-electron chi connectivity index (χ4n) is 1.35. The van der Waals surface area contributed by atoms with E-state index in [1.807, 2.05) is 6.92 Å². The van der Waals surface area contributed by atoms with Gasteiger partial charge in [0.05, 0.1) is 12.1 Å². The predicted molar refractivity (Wildman–Crippen MR) is 70.1 cm³/mol. The summed E-state index contributed by atoms with van der Waals surface area (Å²) in [6.45, 7) is 2.40. The molecule has 18 heavy (non-hydrogen) atoms. The number of rotatable bonds is 4. The Morgan fingerprint density at radius 1 is 1.39 bits per heavy atom. The van der Waals surface area contributed by atoms with E-state index >= 15 is 0 Å². The number of hydrogen-bond acceptors (Lipinski definition) is 6. The van der Waals surface area contributed by atoms with E-state index in [4.69, 9.17) is 5.84 Å². The largest absolute Gasteiger partial charge is 0.345 e. The van der Waals surface area contributed by atoms with Gasteiger partial charge in [0.2, 0.25) is 0 Å². The smallest absolute Gasteiger partial charge is 0.253 e. The van der Waals surface area contributed by atoms with Crippen molar-refractivity contribution in [1.29, 1.82) is 0 Å². The molecule has 0 bridgehead atoms. The van der Waals surface area contributed by atoms with Crippen molar-refractivity contribution in [2.24, 2.45) is 5.84 Å². The highest BCUT2D eigenvalue weighted by Gasteiger charge is 2.07. The lowest BCUT2D eigenvalue weighted by Crippen LogP contribution is -2.23. The van der Waals surface area contributed by atoms with Crippen LogP contribution in [0.25, 0.3) is 0 Å². The highest BCUT2D eigenvalue weighted by molar-refractivity contribution is 7.11. The Balaban J connectivity index is 1.94. The molecule has 0 aliphatic rings. The third-order valence-corrected chi connectivity index (χ3v) is 3.16. The van der Waals surface area contributed by atoms with Crippen molar-refractivity contribution in [3.63, 3.8) is 0 Å². The lowest BCUT2D eigenvalue weighted by atomic mass is 10.2. The molecule has 94 valence electrons. The molecular formula is C11H13N5OS. The Hall–Kier alpha value is -1.99. The van der Waals surface area contributed by atoms with Gasteiger partial charge in [0, 0.05) is 17.3 Å². The van der Waals surface area contributed by atoms with Crippen molar-refractivity contribution in [1.82, 2.24) is 15.3 Å². The quantitative estimate of drug-likeness (QED) is 0.566. The van der Waals surface area contributed by atoms with Crippen LogP contribution >= 0.6 is 11.3 Å². The predicted octanol–water partition coefficient (Wildman–Crippen LogP) is 1.06. The van der Waals surface area contributed by atoms with Gasteiger partial charge in [-0.15, -0.1) is 11.3 Å². The van der Waals surface area contributed by atoms with E-state index in [9.17, 15) is 4.79 Å². The van der Waals surface area contributed by atoms with Crippen LogP contribution in [0.3, 0.4) is 0 Å². The zero-order chi connectivity index (χ0) is 13.0. The molecule has 2 rings (SSSR count). The number of anilines is 1. The molecule has 7 heteroatoms. The van der Waals surface area contributed by atoms with Crippen LogP contribution in [0.2, 0.25) is 0 Å². The molecule has 0 aliphatic heterocycles. The summed E-state index contributed by atoms with van der Waals surface area (Å²) in [5.74, 6) is 5.53. The second-order valence-electron chi connectivity index (χ2n) is 3.62. The molecular weight excluding hydrogens is 250 g/mol. The topological polar surface area (TPSA) is 92.9 Å². The maximum atomic E-state index is 11.8. The number of hydrazine groups is 1. The van der Waals surface area contributed by atoms with E-state index in [0.29, 0.717) is 17.9 Å². The molecule has 0 spiro atoms. The SMILES string of the molecule is Cc1cnc(CNC(=O)c2ccc(NN)nc2)s1. The van der Waals surface area contributed by atoms with Gasteiger partial charge in [0.25, 0.3) is 5.91 Å². The van der Waals surface area contributed by atoms with Gasteiger partial charge in [-0.05, 0) is 19.1 Å². The number of amides is 1. The summed E-state index contributed by atoms with van der Waals surface area (Å²) in [7, 11) is 0. The third kappa shape index (κ3) is 3.02. The molecule has 0 saturated heterocycles. The lowest BCUT2D eigenvalue weighted by molar-refractivity contribution is 0.0950. The van der Waals surface area contributed by atoms with E-state index in [1.165, 1.54) is 6.20 Å². The number of carbonyl (C=O) groups is 1. The van der Waals surface area contributed by atoms with Gasteiger partial charge in [-0.25, -0.2) is 15.8 Å². The molecule has 0 aliphatic carbocycles. The number of hydrogen-bond donors (Lipinski definition) is 3. The van der Waals surface area contributed by atoms with Crippen molar-refractivity contribution >= 4 is 23.1 Å². The number of aromatic nitrogens is 2. The number of nitrogens with one attached hydrogen (secondary N) is 2. The van der Waals surface area contributed by atoms with Crippen LogP contribution < -0.4 is 16.6 Å². The number of nitrogen functional groups attached to an aromatic ring is 1. The second kappa shape index (κ2) is 5.56. The van der Waals surface area contributed by atoms with Crippen molar-refractivity contribution in [2.75, 3.05) is 5.43 Å². The van der Waals surface area contributed by atoms with Gasteiger partial charge < -0.3 is 10.7 Å². The molecule has 0 unspecified atom stereocenters. The summed E-state index contributed by atoms with van der Waals surface area (Å²) in [6.07, 6.45) is 3.26. The zero-order valence-corrected chi connectivity index (χ0v) is 10.6.